The van der Waals surface area contributed by atoms with Gasteiger partial charge in [-0.25, -0.2) is 9.18 Å². The van der Waals surface area contributed by atoms with E-state index in [-0.39, 0.29) is 29.8 Å². The Labute approximate surface area is 197 Å². The van der Waals surface area contributed by atoms with Crippen LogP contribution in [0.15, 0.2) is 42.6 Å². The summed E-state index contributed by atoms with van der Waals surface area (Å²) in [7, 11) is 0. The van der Waals surface area contributed by atoms with Crippen LogP contribution < -0.4 is 5.32 Å². The number of amides is 2. The summed E-state index contributed by atoms with van der Waals surface area (Å²) in [4.78, 5) is 15.0. The van der Waals surface area contributed by atoms with E-state index in [0.29, 0.717) is 10.7 Å². The number of carbonyl (C=O) groups is 1. The number of aromatic nitrogens is 2. The van der Waals surface area contributed by atoms with Crippen LogP contribution in [-0.4, -0.2) is 38.3 Å². The fraction of sp³-hybridized carbons (Fsp3) is 0.440. The van der Waals surface area contributed by atoms with Gasteiger partial charge in [0.25, 0.3) is 0 Å². The summed E-state index contributed by atoms with van der Waals surface area (Å²) in [5, 5.41) is 23.0. The Hall–Kier alpha value is -2.64. The van der Waals surface area contributed by atoms with Crippen molar-refractivity contribution in [3.05, 3.63) is 59.0 Å². The maximum atomic E-state index is 13.2. The van der Waals surface area contributed by atoms with Crippen molar-refractivity contribution < 1.29 is 14.3 Å². The highest BCUT2D eigenvalue weighted by atomic mass is 35.5. The third kappa shape index (κ3) is 3.97. The Bertz CT molecular complexity index is 1160. The molecule has 0 aliphatic carbocycles. The molecule has 2 unspecified atom stereocenters. The van der Waals surface area contributed by atoms with E-state index in [1.165, 1.54) is 12.1 Å². The van der Waals surface area contributed by atoms with Gasteiger partial charge in [-0.05, 0) is 73.4 Å². The highest BCUT2D eigenvalue weighted by molar-refractivity contribution is 6.31. The number of hydrogen-bond donors (Lipinski definition) is 3. The molecule has 4 atom stereocenters. The van der Waals surface area contributed by atoms with Crippen LogP contribution in [0.3, 0.4) is 0 Å². The summed E-state index contributed by atoms with van der Waals surface area (Å²) in [6.45, 7) is 4.19. The van der Waals surface area contributed by atoms with Crippen molar-refractivity contribution in [3.63, 3.8) is 0 Å². The zero-order valence-corrected chi connectivity index (χ0v) is 19.4. The SMILES string of the molecule is CC(C)(C1C[C@H]2CC[C@@H](C1)N2C(=O)Nc1ccc(F)cc1)C(O)c1cc(Cl)cc2cn[nH]c12. The molecule has 5 rings (SSSR count). The minimum absolute atomic E-state index is 0.118. The molecule has 174 valence electrons. The third-order valence-corrected chi connectivity index (χ3v) is 7.88. The van der Waals surface area contributed by atoms with Gasteiger partial charge < -0.3 is 15.3 Å². The topological polar surface area (TPSA) is 81.2 Å². The molecule has 2 fully saturated rings. The summed E-state index contributed by atoms with van der Waals surface area (Å²) in [5.41, 5.74) is 1.72. The second-order valence-electron chi connectivity index (χ2n) is 9.95. The third-order valence-electron chi connectivity index (χ3n) is 7.66. The molecule has 3 N–H and O–H groups in total. The van der Waals surface area contributed by atoms with Crippen molar-refractivity contribution in [1.82, 2.24) is 15.1 Å². The summed E-state index contributed by atoms with van der Waals surface area (Å²) >= 11 is 6.32. The minimum Gasteiger partial charge on any atom is -0.388 e. The lowest BCUT2D eigenvalue weighted by molar-refractivity contribution is -0.0267. The number of aromatic amines is 1. The number of rotatable bonds is 4. The molecule has 6 nitrogen and oxygen atoms in total. The number of piperidine rings is 1. The van der Waals surface area contributed by atoms with Crippen LogP contribution in [0.4, 0.5) is 14.9 Å². The van der Waals surface area contributed by atoms with E-state index in [4.69, 9.17) is 11.6 Å². The van der Waals surface area contributed by atoms with Gasteiger partial charge in [0.1, 0.15) is 5.82 Å². The van der Waals surface area contributed by atoms with Gasteiger partial charge in [0.2, 0.25) is 0 Å². The summed E-state index contributed by atoms with van der Waals surface area (Å²) in [5.74, 6) is -0.0985. The van der Waals surface area contributed by atoms with Crippen molar-refractivity contribution >= 4 is 34.2 Å². The molecule has 0 spiro atoms. The van der Waals surface area contributed by atoms with Crippen LogP contribution >= 0.6 is 11.6 Å². The first kappa shape index (κ1) is 22.2. The number of hydrogen-bond acceptors (Lipinski definition) is 3. The van der Waals surface area contributed by atoms with Gasteiger partial charge in [-0.1, -0.05) is 25.4 Å². The molecule has 2 saturated heterocycles. The molecule has 1 aromatic heterocycles. The van der Waals surface area contributed by atoms with Gasteiger partial charge in [0.15, 0.2) is 0 Å². The standard InChI is InChI=1S/C25H28ClFN4O2/c1-25(2,23(32)21-12-16(26)9-14-13-28-30-22(14)21)15-10-19-7-8-20(11-15)31(19)24(33)29-18-5-3-17(27)4-6-18/h3-6,9,12-13,15,19-20,23,32H,7-8,10-11H2,1-2H3,(H,28,30)(H,29,33)/t15?,19-,20+,23?. The molecule has 0 radical (unpaired) electrons. The second kappa shape index (κ2) is 8.29. The molecular formula is C25H28ClFN4O2. The molecule has 2 aliphatic rings. The number of halogens is 2. The Morgan fingerprint density at radius 2 is 1.91 bits per heavy atom. The molecule has 3 aromatic rings. The zero-order valence-electron chi connectivity index (χ0n) is 18.7. The predicted octanol–water partition coefficient (Wildman–Crippen LogP) is 5.89. The van der Waals surface area contributed by atoms with E-state index in [2.05, 4.69) is 29.4 Å². The van der Waals surface area contributed by atoms with Gasteiger partial charge in [0.05, 0.1) is 17.8 Å². The van der Waals surface area contributed by atoms with Gasteiger partial charge in [-0.3, -0.25) is 5.10 Å². The summed E-state index contributed by atoms with van der Waals surface area (Å²) in [6, 6.07) is 9.57. The van der Waals surface area contributed by atoms with Gasteiger partial charge in [-0.15, -0.1) is 0 Å². The van der Waals surface area contributed by atoms with Crippen molar-refractivity contribution in [3.8, 4) is 0 Å². The fourth-order valence-electron chi connectivity index (χ4n) is 5.72. The van der Waals surface area contributed by atoms with Crippen molar-refractivity contribution in [2.75, 3.05) is 5.32 Å². The maximum Gasteiger partial charge on any atom is 0.322 e. The molecule has 2 aliphatic heterocycles. The highest BCUT2D eigenvalue weighted by Gasteiger charge is 2.49. The number of urea groups is 1. The van der Waals surface area contributed by atoms with E-state index < -0.39 is 11.5 Å². The Morgan fingerprint density at radius 3 is 2.58 bits per heavy atom. The molecule has 8 heteroatoms. The Morgan fingerprint density at radius 1 is 1.24 bits per heavy atom. The Kier molecular flexibility index (Phi) is 5.57. The van der Waals surface area contributed by atoms with Gasteiger partial charge >= 0.3 is 6.03 Å². The second-order valence-corrected chi connectivity index (χ2v) is 10.4. The van der Waals surface area contributed by atoms with Crippen LogP contribution in [-0.2, 0) is 0 Å². The number of nitrogens with one attached hydrogen (secondary N) is 2. The highest BCUT2D eigenvalue weighted by Crippen LogP contribution is 2.51. The number of benzene rings is 2. The van der Waals surface area contributed by atoms with Crippen molar-refractivity contribution in [1.29, 1.82) is 0 Å². The lowest BCUT2D eigenvalue weighted by atomic mass is 9.67. The smallest absolute Gasteiger partial charge is 0.322 e. The first-order chi connectivity index (χ1) is 15.7. The number of H-pyrrole nitrogens is 1. The van der Waals surface area contributed by atoms with Crippen LogP contribution in [0.5, 0.6) is 0 Å². The number of aliphatic hydroxyl groups excluding tert-OH is 1. The zero-order chi connectivity index (χ0) is 23.3. The van der Waals surface area contributed by atoms with E-state index in [1.807, 2.05) is 17.0 Å². The van der Waals surface area contributed by atoms with Crippen LogP contribution in [0.1, 0.15) is 51.2 Å². The number of carbonyl (C=O) groups excluding carboxylic acids is 1. The Balaban J connectivity index is 1.34. The van der Waals surface area contributed by atoms with Crippen LogP contribution in [0, 0.1) is 17.2 Å². The molecule has 2 amide bonds. The number of anilines is 1. The number of aliphatic hydroxyl groups is 1. The largest absolute Gasteiger partial charge is 0.388 e. The van der Waals surface area contributed by atoms with E-state index in [1.54, 1.807) is 18.3 Å². The fourth-order valence-corrected chi connectivity index (χ4v) is 5.96. The molecular weight excluding hydrogens is 443 g/mol. The van der Waals surface area contributed by atoms with E-state index in [0.717, 1.165) is 42.1 Å². The normalized spacial score (nSPS) is 23.7. The predicted molar refractivity (Wildman–Crippen MR) is 127 cm³/mol. The van der Waals surface area contributed by atoms with Crippen molar-refractivity contribution in [2.24, 2.45) is 11.3 Å². The van der Waals surface area contributed by atoms with Crippen molar-refractivity contribution in [2.45, 2.75) is 57.7 Å². The first-order valence-corrected chi connectivity index (χ1v) is 11.8. The monoisotopic (exact) mass is 470 g/mol. The molecule has 2 aromatic carbocycles. The minimum atomic E-state index is -0.733. The molecule has 3 heterocycles. The average Bonchev–Trinajstić information content (AvgIpc) is 3.35. The molecule has 0 saturated carbocycles. The molecule has 33 heavy (non-hydrogen) atoms. The summed E-state index contributed by atoms with van der Waals surface area (Å²) < 4.78 is 13.2. The summed E-state index contributed by atoms with van der Waals surface area (Å²) in [6.07, 6.45) is 4.53. The maximum absolute atomic E-state index is 13.2. The van der Waals surface area contributed by atoms with E-state index in [9.17, 15) is 14.3 Å². The van der Waals surface area contributed by atoms with Gasteiger partial charge in [-0.2, -0.15) is 5.10 Å². The average molecular weight is 471 g/mol. The number of nitrogens with zero attached hydrogens (tertiary/aromatic N) is 2. The van der Waals surface area contributed by atoms with Crippen LogP contribution in [0.2, 0.25) is 5.02 Å². The number of fused-ring (bicyclic) bond motifs is 3. The molecule has 2 bridgehead atoms. The quantitative estimate of drug-likeness (QED) is 0.444. The lowest BCUT2D eigenvalue weighted by Crippen LogP contribution is -2.51. The van der Waals surface area contributed by atoms with Crippen LogP contribution in [0.25, 0.3) is 10.9 Å². The lowest BCUT2D eigenvalue weighted by Gasteiger charge is -2.46. The van der Waals surface area contributed by atoms with Gasteiger partial charge in [0, 0.05) is 33.7 Å². The first-order valence-electron chi connectivity index (χ1n) is 11.4. The van der Waals surface area contributed by atoms with E-state index >= 15 is 0 Å².